The highest BCUT2D eigenvalue weighted by molar-refractivity contribution is 5.92. The maximum absolute atomic E-state index is 12.1. The fourth-order valence-electron chi connectivity index (χ4n) is 2.67. The zero-order valence-electron chi connectivity index (χ0n) is 14.6. The molecule has 3 rings (SSSR count). The second kappa shape index (κ2) is 8.33. The van der Waals surface area contributed by atoms with Gasteiger partial charge in [0.1, 0.15) is 13.2 Å². The summed E-state index contributed by atoms with van der Waals surface area (Å²) in [5.74, 6) is 1.02. The first kappa shape index (κ1) is 17.7. The molecule has 1 aliphatic heterocycles. The summed E-state index contributed by atoms with van der Waals surface area (Å²) in [4.78, 5) is 29.6. The van der Waals surface area contributed by atoms with Gasteiger partial charge in [0.05, 0.1) is 0 Å². The van der Waals surface area contributed by atoms with Crippen molar-refractivity contribution < 1.29 is 19.1 Å². The number of amides is 2. The molecule has 0 saturated heterocycles. The van der Waals surface area contributed by atoms with E-state index in [1.54, 1.807) is 35.5 Å². The number of pyridine rings is 1. The molecule has 0 atom stereocenters. The second-order valence-electron chi connectivity index (χ2n) is 5.88. The Labute approximate surface area is 151 Å². The average Bonchev–Trinajstić information content (AvgIpc) is 2.67. The summed E-state index contributed by atoms with van der Waals surface area (Å²) in [6.45, 7) is 3.20. The van der Waals surface area contributed by atoms with Crippen LogP contribution in [-0.4, -0.2) is 36.6 Å². The van der Waals surface area contributed by atoms with Gasteiger partial charge in [-0.05, 0) is 29.8 Å². The zero-order chi connectivity index (χ0) is 18.4. The number of nitrogens with one attached hydrogen (secondary N) is 1. The molecule has 0 fully saturated rings. The maximum atomic E-state index is 12.1. The van der Waals surface area contributed by atoms with E-state index in [-0.39, 0.29) is 24.8 Å². The summed E-state index contributed by atoms with van der Waals surface area (Å²) in [5, 5.41) is 2.85. The maximum Gasteiger partial charge on any atom is 0.223 e. The van der Waals surface area contributed by atoms with Crippen LogP contribution in [0.3, 0.4) is 0 Å². The van der Waals surface area contributed by atoms with E-state index < -0.39 is 0 Å². The number of ether oxygens (including phenoxy) is 2. The Balaban J connectivity index is 1.58. The van der Waals surface area contributed by atoms with Crippen LogP contribution in [-0.2, 0) is 16.1 Å². The molecule has 0 saturated carbocycles. The number of benzene rings is 1. The van der Waals surface area contributed by atoms with E-state index in [0.29, 0.717) is 36.9 Å². The van der Waals surface area contributed by atoms with Gasteiger partial charge < -0.3 is 19.7 Å². The van der Waals surface area contributed by atoms with Crippen molar-refractivity contribution in [2.45, 2.75) is 19.9 Å². The van der Waals surface area contributed by atoms with Crippen LogP contribution in [0.5, 0.6) is 11.5 Å². The predicted molar refractivity (Wildman–Crippen MR) is 96.2 cm³/mol. The van der Waals surface area contributed by atoms with Gasteiger partial charge in [0.25, 0.3) is 0 Å². The van der Waals surface area contributed by atoms with E-state index in [1.165, 1.54) is 6.92 Å². The van der Waals surface area contributed by atoms with Crippen molar-refractivity contribution in [1.29, 1.82) is 0 Å². The van der Waals surface area contributed by atoms with Gasteiger partial charge in [-0.3, -0.25) is 14.6 Å². The summed E-state index contributed by atoms with van der Waals surface area (Å²) < 4.78 is 11.1. The van der Waals surface area contributed by atoms with E-state index in [1.807, 2.05) is 12.1 Å². The molecule has 2 heterocycles. The summed E-state index contributed by atoms with van der Waals surface area (Å²) >= 11 is 0. The van der Waals surface area contributed by atoms with Crippen LogP contribution in [0.25, 0.3) is 0 Å². The molecule has 2 amide bonds. The third kappa shape index (κ3) is 4.50. The van der Waals surface area contributed by atoms with Crippen molar-refractivity contribution in [2.75, 3.05) is 24.7 Å². The molecule has 1 N–H and O–H groups in total. The van der Waals surface area contributed by atoms with Crippen LogP contribution in [0.4, 0.5) is 5.69 Å². The van der Waals surface area contributed by atoms with Crippen molar-refractivity contribution in [2.24, 2.45) is 0 Å². The Morgan fingerprint density at radius 3 is 2.58 bits per heavy atom. The van der Waals surface area contributed by atoms with Crippen molar-refractivity contribution in [1.82, 2.24) is 10.3 Å². The van der Waals surface area contributed by atoms with Crippen molar-refractivity contribution >= 4 is 17.5 Å². The van der Waals surface area contributed by atoms with E-state index in [9.17, 15) is 9.59 Å². The minimum Gasteiger partial charge on any atom is -0.486 e. The molecule has 2 aromatic rings. The smallest absolute Gasteiger partial charge is 0.223 e. The van der Waals surface area contributed by atoms with Gasteiger partial charge in [0.15, 0.2) is 11.5 Å². The number of carbonyl (C=O) groups excluding carboxylic acids is 2. The van der Waals surface area contributed by atoms with Crippen LogP contribution in [0.15, 0.2) is 42.7 Å². The third-order valence-electron chi connectivity index (χ3n) is 4.02. The van der Waals surface area contributed by atoms with Gasteiger partial charge in [0, 0.05) is 50.6 Å². The van der Waals surface area contributed by atoms with Crippen LogP contribution >= 0.6 is 0 Å². The van der Waals surface area contributed by atoms with Crippen molar-refractivity contribution in [3.05, 3.63) is 48.3 Å². The monoisotopic (exact) mass is 355 g/mol. The molecule has 0 bridgehead atoms. The highest BCUT2D eigenvalue weighted by Gasteiger charge is 2.18. The fourth-order valence-corrected chi connectivity index (χ4v) is 2.67. The van der Waals surface area contributed by atoms with E-state index >= 15 is 0 Å². The normalized spacial score (nSPS) is 12.3. The zero-order valence-corrected chi connectivity index (χ0v) is 14.6. The first-order valence-electron chi connectivity index (χ1n) is 8.47. The molecule has 1 aromatic heterocycles. The van der Waals surface area contributed by atoms with E-state index in [4.69, 9.17) is 9.47 Å². The Morgan fingerprint density at radius 2 is 1.85 bits per heavy atom. The summed E-state index contributed by atoms with van der Waals surface area (Å²) in [7, 11) is 0. The highest BCUT2D eigenvalue weighted by atomic mass is 16.6. The lowest BCUT2D eigenvalue weighted by Crippen LogP contribution is -2.33. The van der Waals surface area contributed by atoms with Gasteiger partial charge >= 0.3 is 0 Å². The van der Waals surface area contributed by atoms with Crippen LogP contribution in [0.1, 0.15) is 18.9 Å². The largest absolute Gasteiger partial charge is 0.486 e. The van der Waals surface area contributed by atoms with Crippen LogP contribution in [0, 0.1) is 0 Å². The van der Waals surface area contributed by atoms with Gasteiger partial charge in [0.2, 0.25) is 11.8 Å². The molecule has 0 spiro atoms. The Kier molecular flexibility index (Phi) is 5.68. The highest BCUT2D eigenvalue weighted by Crippen LogP contribution is 2.34. The molecule has 0 aliphatic carbocycles. The topological polar surface area (TPSA) is 80.8 Å². The van der Waals surface area contributed by atoms with Gasteiger partial charge in [-0.15, -0.1) is 0 Å². The minimum absolute atomic E-state index is 0.120. The lowest BCUT2D eigenvalue weighted by Gasteiger charge is -2.24. The van der Waals surface area contributed by atoms with E-state index in [0.717, 1.165) is 5.56 Å². The quantitative estimate of drug-likeness (QED) is 0.856. The van der Waals surface area contributed by atoms with E-state index in [2.05, 4.69) is 10.3 Å². The first-order valence-corrected chi connectivity index (χ1v) is 8.47. The number of nitrogens with zero attached hydrogens (tertiary/aromatic N) is 2. The van der Waals surface area contributed by atoms with Crippen molar-refractivity contribution in [3.63, 3.8) is 0 Å². The van der Waals surface area contributed by atoms with Gasteiger partial charge in [-0.2, -0.15) is 0 Å². The summed E-state index contributed by atoms with van der Waals surface area (Å²) in [5.41, 5.74) is 1.66. The number of hydrogen-bond donors (Lipinski definition) is 1. The Morgan fingerprint density at radius 1 is 1.12 bits per heavy atom. The molecule has 1 aromatic carbocycles. The third-order valence-corrected chi connectivity index (χ3v) is 4.02. The molecule has 7 heteroatoms. The lowest BCUT2D eigenvalue weighted by molar-refractivity contribution is -0.121. The number of fused-ring (bicyclic) bond motifs is 1. The SMILES string of the molecule is CC(=O)N(CCC(=O)NCc1ccncc1)c1ccc2c(c1)OCCO2. The lowest BCUT2D eigenvalue weighted by atomic mass is 10.2. The number of hydrogen-bond acceptors (Lipinski definition) is 5. The summed E-state index contributed by atoms with van der Waals surface area (Å²) in [6, 6.07) is 9.03. The molecule has 1 aliphatic rings. The molecule has 26 heavy (non-hydrogen) atoms. The molecule has 0 unspecified atom stereocenters. The molecule has 136 valence electrons. The van der Waals surface area contributed by atoms with Crippen molar-refractivity contribution in [3.8, 4) is 11.5 Å². The second-order valence-corrected chi connectivity index (χ2v) is 5.88. The fraction of sp³-hybridized carbons (Fsp3) is 0.316. The van der Waals surface area contributed by atoms with Crippen LogP contribution < -0.4 is 19.7 Å². The first-order chi connectivity index (χ1) is 12.6. The Hall–Kier alpha value is -3.09. The van der Waals surface area contributed by atoms with Crippen LogP contribution in [0.2, 0.25) is 0 Å². The number of aromatic nitrogens is 1. The number of anilines is 1. The molecule has 7 nitrogen and oxygen atoms in total. The summed E-state index contributed by atoms with van der Waals surface area (Å²) in [6.07, 6.45) is 3.57. The standard InChI is InChI=1S/C19H21N3O4/c1-14(23)22(16-2-3-17-18(12-16)26-11-10-25-17)9-6-19(24)21-13-15-4-7-20-8-5-15/h2-5,7-8,12H,6,9-11,13H2,1H3,(H,21,24). The average molecular weight is 355 g/mol. The minimum atomic E-state index is -0.136. The Bertz CT molecular complexity index is 780. The number of carbonyl (C=O) groups is 2. The molecule has 0 radical (unpaired) electrons. The molecular formula is C19H21N3O4. The number of rotatable bonds is 6. The van der Waals surface area contributed by atoms with Gasteiger partial charge in [-0.1, -0.05) is 0 Å². The van der Waals surface area contributed by atoms with Gasteiger partial charge in [-0.25, -0.2) is 0 Å². The predicted octanol–water partition coefficient (Wildman–Crippen LogP) is 1.91. The molecular weight excluding hydrogens is 334 g/mol.